The van der Waals surface area contributed by atoms with Gasteiger partial charge in [0.1, 0.15) is 6.10 Å². The third-order valence-electron chi connectivity index (χ3n) is 4.20. The number of hydrogen-bond donors (Lipinski definition) is 2. The molecule has 0 radical (unpaired) electrons. The first-order valence-electron chi connectivity index (χ1n) is 7.84. The Kier molecular flexibility index (Phi) is 5.23. The highest BCUT2D eigenvalue weighted by Crippen LogP contribution is 2.30. The highest BCUT2D eigenvalue weighted by Gasteiger charge is 2.34. The fraction of sp³-hybridized carbons (Fsp3) is 0.444. The van der Waals surface area contributed by atoms with Crippen LogP contribution in [0, 0.1) is 5.41 Å². The van der Waals surface area contributed by atoms with Gasteiger partial charge in [-0.3, -0.25) is 0 Å². The number of carbonyl (C=O) groups is 2. The smallest absolute Gasteiger partial charge is 0.338 e. The van der Waals surface area contributed by atoms with Crippen molar-refractivity contribution < 1.29 is 14.3 Å². The van der Waals surface area contributed by atoms with E-state index in [9.17, 15) is 9.59 Å². The molecule has 1 aliphatic rings. The van der Waals surface area contributed by atoms with Gasteiger partial charge in [-0.1, -0.05) is 44.5 Å². The summed E-state index contributed by atoms with van der Waals surface area (Å²) >= 11 is 5.92. The molecule has 0 saturated carbocycles. The number of benzene rings is 1. The summed E-state index contributed by atoms with van der Waals surface area (Å²) in [6, 6.07) is 6.09. The van der Waals surface area contributed by atoms with Crippen LogP contribution in [0.15, 0.2) is 35.5 Å². The van der Waals surface area contributed by atoms with Crippen LogP contribution in [0.2, 0.25) is 5.02 Å². The van der Waals surface area contributed by atoms with Gasteiger partial charge >= 0.3 is 12.0 Å². The molecule has 130 valence electrons. The van der Waals surface area contributed by atoms with Crippen molar-refractivity contribution in [1.82, 2.24) is 10.6 Å². The Hall–Kier alpha value is -2.01. The van der Waals surface area contributed by atoms with Crippen molar-refractivity contribution in [1.29, 1.82) is 0 Å². The van der Waals surface area contributed by atoms with E-state index in [1.807, 2.05) is 27.7 Å². The van der Waals surface area contributed by atoms with Crippen molar-refractivity contribution in [2.75, 3.05) is 0 Å². The summed E-state index contributed by atoms with van der Waals surface area (Å²) in [6.45, 7) is 9.57. The number of hydrogen-bond acceptors (Lipinski definition) is 3. The summed E-state index contributed by atoms with van der Waals surface area (Å²) in [5, 5.41) is 6.00. The first-order valence-corrected chi connectivity index (χ1v) is 8.22. The molecule has 2 atom stereocenters. The van der Waals surface area contributed by atoms with Gasteiger partial charge in [-0.05, 0) is 37.0 Å². The molecular formula is C18H23ClN2O3. The van der Waals surface area contributed by atoms with E-state index in [4.69, 9.17) is 16.3 Å². The van der Waals surface area contributed by atoms with Gasteiger partial charge in [-0.2, -0.15) is 0 Å². The minimum atomic E-state index is -0.573. The van der Waals surface area contributed by atoms with E-state index < -0.39 is 12.0 Å². The van der Waals surface area contributed by atoms with Crippen molar-refractivity contribution in [3.8, 4) is 0 Å². The van der Waals surface area contributed by atoms with Gasteiger partial charge in [0, 0.05) is 10.7 Å². The van der Waals surface area contributed by atoms with Gasteiger partial charge in [-0.25, -0.2) is 9.59 Å². The fourth-order valence-electron chi connectivity index (χ4n) is 2.27. The van der Waals surface area contributed by atoms with Crippen LogP contribution in [-0.4, -0.2) is 18.1 Å². The molecule has 2 N–H and O–H groups in total. The van der Waals surface area contributed by atoms with Gasteiger partial charge in [0.25, 0.3) is 0 Å². The van der Waals surface area contributed by atoms with E-state index in [0.29, 0.717) is 16.3 Å². The monoisotopic (exact) mass is 350 g/mol. The molecule has 0 unspecified atom stereocenters. The average molecular weight is 351 g/mol. The van der Waals surface area contributed by atoms with E-state index in [1.54, 1.807) is 31.2 Å². The highest BCUT2D eigenvalue weighted by atomic mass is 35.5. The molecule has 0 aliphatic carbocycles. The average Bonchev–Trinajstić information content (AvgIpc) is 2.45. The van der Waals surface area contributed by atoms with Gasteiger partial charge in [0.2, 0.25) is 0 Å². The van der Waals surface area contributed by atoms with Crippen LogP contribution in [0.3, 0.4) is 0 Å². The molecule has 0 saturated heterocycles. The molecule has 1 aliphatic heterocycles. The number of carbonyl (C=O) groups excluding carboxylic acids is 2. The summed E-state index contributed by atoms with van der Waals surface area (Å²) in [4.78, 5) is 24.6. The summed E-state index contributed by atoms with van der Waals surface area (Å²) in [5.74, 6) is -0.442. The molecule has 0 bridgehead atoms. The Balaban J connectivity index is 2.35. The lowest BCUT2D eigenvalue weighted by Crippen LogP contribution is -2.46. The predicted molar refractivity (Wildman–Crippen MR) is 93.6 cm³/mol. The quantitative estimate of drug-likeness (QED) is 0.811. The molecule has 0 spiro atoms. The van der Waals surface area contributed by atoms with Crippen LogP contribution in [-0.2, 0) is 9.53 Å². The molecule has 0 fully saturated rings. The largest absolute Gasteiger partial charge is 0.459 e. The lowest BCUT2D eigenvalue weighted by molar-refractivity contribution is -0.149. The highest BCUT2D eigenvalue weighted by molar-refractivity contribution is 6.30. The van der Waals surface area contributed by atoms with Crippen molar-refractivity contribution in [3.05, 3.63) is 46.1 Å². The summed E-state index contributed by atoms with van der Waals surface area (Å²) in [7, 11) is 0. The first kappa shape index (κ1) is 18.3. The van der Waals surface area contributed by atoms with Crippen LogP contribution in [0.5, 0.6) is 0 Å². The van der Waals surface area contributed by atoms with Crippen LogP contribution in [0.1, 0.15) is 46.2 Å². The molecule has 2 rings (SSSR count). The molecule has 1 aromatic carbocycles. The molecule has 1 heterocycles. The third kappa shape index (κ3) is 4.09. The second kappa shape index (κ2) is 6.85. The fourth-order valence-corrected chi connectivity index (χ4v) is 2.40. The van der Waals surface area contributed by atoms with Gasteiger partial charge < -0.3 is 15.4 Å². The van der Waals surface area contributed by atoms with Gasteiger partial charge in [-0.15, -0.1) is 0 Å². The number of amides is 2. The van der Waals surface area contributed by atoms with Crippen LogP contribution < -0.4 is 10.6 Å². The maximum atomic E-state index is 12.7. The second-order valence-corrected chi connectivity index (χ2v) is 7.47. The molecule has 5 nitrogen and oxygen atoms in total. The molecule has 0 aromatic heterocycles. The number of urea groups is 1. The van der Waals surface area contributed by atoms with Gasteiger partial charge in [0.15, 0.2) is 0 Å². The lowest BCUT2D eigenvalue weighted by atomic mass is 9.90. The summed E-state index contributed by atoms with van der Waals surface area (Å²) in [6.07, 6.45) is -0.270. The lowest BCUT2D eigenvalue weighted by Gasteiger charge is -2.31. The van der Waals surface area contributed by atoms with E-state index in [1.165, 1.54) is 0 Å². The number of rotatable bonds is 3. The molecule has 1 aromatic rings. The third-order valence-corrected chi connectivity index (χ3v) is 4.45. The Morgan fingerprint density at radius 3 is 2.38 bits per heavy atom. The maximum absolute atomic E-state index is 12.7. The summed E-state index contributed by atoms with van der Waals surface area (Å²) < 4.78 is 5.62. The Bertz CT molecular complexity index is 674. The number of halogens is 1. The zero-order chi connectivity index (χ0) is 18.1. The predicted octanol–water partition coefficient (Wildman–Crippen LogP) is 3.95. The molecule has 24 heavy (non-hydrogen) atoms. The first-order chi connectivity index (χ1) is 11.1. The molecule has 6 heteroatoms. The number of esters is 1. The van der Waals surface area contributed by atoms with Crippen molar-refractivity contribution in [2.24, 2.45) is 5.41 Å². The van der Waals surface area contributed by atoms with E-state index in [-0.39, 0.29) is 17.6 Å². The zero-order valence-corrected chi connectivity index (χ0v) is 15.3. The van der Waals surface area contributed by atoms with E-state index >= 15 is 0 Å². The van der Waals surface area contributed by atoms with Crippen molar-refractivity contribution >= 4 is 23.6 Å². The minimum absolute atomic E-state index is 0.175. The zero-order valence-electron chi connectivity index (χ0n) is 14.6. The van der Waals surface area contributed by atoms with Gasteiger partial charge in [0.05, 0.1) is 11.6 Å². The van der Waals surface area contributed by atoms with Crippen LogP contribution in [0.4, 0.5) is 4.79 Å². The minimum Gasteiger partial charge on any atom is -0.459 e. The maximum Gasteiger partial charge on any atom is 0.338 e. The number of nitrogens with one attached hydrogen (secondary N) is 2. The van der Waals surface area contributed by atoms with Crippen LogP contribution in [0.25, 0.3) is 0 Å². The molecular weight excluding hydrogens is 328 g/mol. The normalized spacial score (nSPS) is 19.4. The topological polar surface area (TPSA) is 67.4 Å². The van der Waals surface area contributed by atoms with Crippen LogP contribution >= 0.6 is 11.6 Å². The summed E-state index contributed by atoms with van der Waals surface area (Å²) in [5.41, 5.74) is 1.48. The SMILES string of the molecule is CC1=C(C(=O)O[C@@H](C)C(C)(C)C)[C@H](c2ccc(Cl)cc2)NC(=O)N1. The molecule has 2 amide bonds. The number of allylic oxidation sites excluding steroid dienone is 1. The van der Waals surface area contributed by atoms with Crippen molar-refractivity contribution in [3.63, 3.8) is 0 Å². The van der Waals surface area contributed by atoms with E-state index in [0.717, 1.165) is 5.56 Å². The Labute approximate surface area is 147 Å². The number of ether oxygens (including phenoxy) is 1. The van der Waals surface area contributed by atoms with E-state index in [2.05, 4.69) is 10.6 Å². The Morgan fingerprint density at radius 2 is 1.83 bits per heavy atom. The van der Waals surface area contributed by atoms with Crippen molar-refractivity contribution in [2.45, 2.75) is 46.8 Å². The standard InChI is InChI=1S/C18H23ClN2O3/c1-10-14(16(22)24-11(2)18(3,4)5)15(21-17(23)20-10)12-6-8-13(19)9-7-12/h6-9,11,15H,1-5H3,(H2,20,21,23)/t11-,15-/m0/s1. The second-order valence-electron chi connectivity index (χ2n) is 7.04. The Morgan fingerprint density at radius 1 is 1.25 bits per heavy atom.